The van der Waals surface area contributed by atoms with Gasteiger partial charge in [0.1, 0.15) is 0 Å². The number of benzene rings is 2. The highest BCUT2D eigenvalue weighted by molar-refractivity contribution is 7.89. The van der Waals surface area contributed by atoms with Crippen molar-refractivity contribution in [2.45, 2.75) is 30.8 Å². The van der Waals surface area contributed by atoms with E-state index < -0.39 is 22.2 Å². The Labute approximate surface area is 208 Å². The first-order valence-corrected chi connectivity index (χ1v) is 12.7. The molecule has 0 bridgehead atoms. The van der Waals surface area contributed by atoms with Crippen LogP contribution in [-0.2, 0) is 26.0 Å². The Bertz CT molecular complexity index is 1110. The zero-order chi connectivity index (χ0) is 26.8. The van der Waals surface area contributed by atoms with Crippen molar-refractivity contribution in [2.24, 2.45) is 0 Å². The molecule has 2 aromatic rings. The number of aliphatic carboxylic acids is 1. The van der Waals surface area contributed by atoms with Crippen LogP contribution in [0.2, 0.25) is 0 Å². The second-order valence-corrected chi connectivity index (χ2v) is 10.00. The van der Waals surface area contributed by atoms with Gasteiger partial charge in [-0.05, 0) is 30.5 Å². The highest BCUT2D eigenvalue weighted by atomic mass is 32.2. The molecule has 1 fully saturated rings. The number of piperazine rings is 1. The summed E-state index contributed by atoms with van der Waals surface area (Å²) in [6.07, 6.45) is -4.28. The molecule has 1 amide bonds. The van der Waals surface area contributed by atoms with Crippen LogP contribution < -0.4 is 5.32 Å². The number of carboxylic acid groups (broad SMARTS) is 1. The molecule has 1 aliphatic rings. The molecule has 0 saturated carbocycles. The number of nitrogens with zero attached hydrogens (tertiary/aromatic N) is 2. The summed E-state index contributed by atoms with van der Waals surface area (Å²) in [7, 11) is -3.68. The fourth-order valence-electron chi connectivity index (χ4n) is 3.53. The monoisotopic (exact) mass is 529 g/mol. The van der Waals surface area contributed by atoms with Crippen LogP contribution in [0.1, 0.15) is 17.5 Å². The lowest BCUT2D eigenvalue weighted by molar-refractivity contribution is -0.192. The van der Waals surface area contributed by atoms with Crippen LogP contribution in [0.25, 0.3) is 0 Å². The van der Waals surface area contributed by atoms with Gasteiger partial charge in [0.05, 0.1) is 4.90 Å². The molecule has 0 unspecified atom stereocenters. The minimum Gasteiger partial charge on any atom is -0.475 e. The van der Waals surface area contributed by atoms with E-state index in [4.69, 9.17) is 9.90 Å². The van der Waals surface area contributed by atoms with Crippen LogP contribution in [0, 0.1) is 6.92 Å². The Kier molecular flexibility index (Phi) is 10.9. The topological polar surface area (TPSA) is 107 Å². The fraction of sp³-hybridized carbons (Fsp3) is 0.417. The normalized spacial score (nSPS) is 14.2. The SMILES string of the molecule is Cc1ccccc1S(=O)(=O)N(CCC(=O)N1CCNCC1)CCc1ccccc1.O=C(O)C(F)(F)F. The molecule has 1 heterocycles. The number of carbonyl (C=O) groups excluding carboxylic acids is 1. The maximum atomic E-state index is 13.4. The molecule has 1 saturated heterocycles. The van der Waals surface area contributed by atoms with Crippen LogP contribution in [0.15, 0.2) is 59.5 Å². The van der Waals surface area contributed by atoms with Crippen molar-refractivity contribution < 1.29 is 36.3 Å². The van der Waals surface area contributed by atoms with Crippen molar-refractivity contribution in [1.82, 2.24) is 14.5 Å². The van der Waals surface area contributed by atoms with Gasteiger partial charge in [-0.25, -0.2) is 13.2 Å². The van der Waals surface area contributed by atoms with Gasteiger partial charge in [-0.2, -0.15) is 17.5 Å². The Balaban J connectivity index is 0.000000572. The van der Waals surface area contributed by atoms with Crippen LogP contribution in [0.4, 0.5) is 13.2 Å². The van der Waals surface area contributed by atoms with E-state index in [1.165, 1.54) is 4.31 Å². The standard InChI is InChI=1S/C22H29N3O3S.C2HF3O2/c1-19-7-5-6-10-21(19)29(27,28)25(15-11-20-8-3-2-4-9-20)16-12-22(26)24-17-13-23-14-18-24;3-2(4,5)1(6)7/h2-10,23H,11-18H2,1H3;(H,6,7). The molecule has 1 aliphatic heterocycles. The van der Waals surface area contributed by atoms with Crippen LogP contribution in [0.5, 0.6) is 0 Å². The predicted octanol–water partition coefficient (Wildman–Crippen LogP) is 2.68. The molecule has 12 heteroatoms. The van der Waals surface area contributed by atoms with Gasteiger partial charge in [0.15, 0.2) is 0 Å². The molecule has 2 N–H and O–H groups in total. The number of rotatable bonds is 8. The number of aryl methyl sites for hydroxylation is 1. The van der Waals surface area contributed by atoms with E-state index in [1.807, 2.05) is 41.3 Å². The molecule has 0 radical (unpaired) electrons. The van der Waals surface area contributed by atoms with Crippen molar-refractivity contribution in [3.63, 3.8) is 0 Å². The summed E-state index contributed by atoms with van der Waals surface area (Å²) >= 11 is 0. The minimum absolute atomic E-state index is 0.0104. The summed E-state index contributed by atoms with van der Waals surface area (Å²) in [4.78, 5) is 23.6. The van der Waals surface area contributed by atoms with Crippen molar-refractivity contribution >= 4 is 21.9 Å². The van der Waals surface area contributed by atoms with E-state index in [1.54, 1.807) is 25.1 Å². The smallest absolute Gasteiger partial charge is 0.475 e. The lowest BCUT2D eigenvalue weighted by Gasteiger charge is -2.29. The molecule has 0 atom stereocenters. The van der Waals surface area contributed by atoms with E-state index in [2.05, 4.69) is 5.32 Å². The molecule has 2 aromatic carbocycles. The molecular formula is C24H30F3N3O5S. The Hall–Kier alpha value is -2.96. The second-order valence-electron chi connectivity index (χ2n) is 8.09. The summed E-state index contributed by atoms with van der Waals surface area (Å²) in [6, 6.07) is 16.8. The quantitative estimate of drug-likeness (QED) is 0.545. The Morgan fingerprint density at radius 1 is 1.00 bits per heavy atom. The lowest BCUT2D eigenvalue weighted by Crippen LogP contribution is -2.47. The average Bonchev–Trinajstić information content (AvgIpc) is 2.85. The molecular weight excluding hydrogens is 499 g/mol. The third kappa shape index (κ3) is 8.92. The van der Waals surface area contributed by atoms with Gasteiger partial charge in [0.2, 0.25) is 15.9 Å². The van der Waals surface area contributed by atoms with E-state index >= 15 is 0 Å². The molecule has 198 valence electrons. The predicted molar refractivity (Wildman–Crippen MR) is 128 cm³/mol. The van der Waals surface area contributed by atoms with Gasteiger partial charge in [-0.15, -0.1) is 0 Å². The number of hydrogen-bond acceptors (Lipinski definition) is 5. The van der Waals surface area contributed by atoms with Gasteiger partial charge in [-0.1, -0.05) is 48.5 Å². The number of amides is 1. The van der Waals surface area contributed by atoms with E-state index in [0.29, 0.717) is 36.5 Å². The number of hydrogen-bond donors (Lipinski definition) is 2. The third-order valence-electron chi connectivity index (χ3n) is 5.49. The number of halogens is 3. The third-order valence-corrected chi connectivity index (χ3v) is 7.55. The van der Waals surface area contributed by atoms with Crippen molar-refractivity contribution in [1.29, 1.82) is 0 Å². The Morgan fingerprint density at radius 2 is 1.56 bits per heavy atom. The van der Waals surface area contributed by atoms with Gasteiger partial charge < -0.3 is 15.3 Å². The first-order chi connectivity index (χ1) is 16.9. The highest BCUT2D eigenvalue weighted by Gasteiger charge is 2.38. The van der Waals surface area contributed by atoms with Crippen LogP contribution >= 0.6 is 0 Å². The maximum Gasteiger partial charge on any atom is 0.490 e. The molecule has 36 heavy (non-hydrogen) atoms. The number of carbonyl (C=O) groups is 2. The van der Waals surface area contributed by atoms with E-state index in [0.717, 1.165) is 18.7 Å². The van der Waals surface area contributed by atoms with Gasteiger partial charge in [0, 0.05) is 45.7 Å². The fourth-order valence-corrected chi connectivity index (χ4v) is 5.20. The molecule has 3 rings (SSSR count). The number of alkyl halides is 3. The summed E-state index contributed by atoms with van der Waals surface area (Å²) < 4.78 is 59.9. The molecule has 0 spiro atoms. The summed E-state index contributed by atoms with van der Waals surface area (Å²) in [5.41, 5.74) is 1.79. The second kappa shape index (κ2) is 13.4. The number of nitrogens with one attached hydrogen (secondary N) is 1. The van der Waals surface area contributed by atoms with E-state index in [-0.39, 0.29) is 18.9 Å². The summed E-state index contributed by atoms with van der Waals surface area (Å²) in [6.45, 7) is 5.24. The van der Waals surface area contributed by atoms with Crippen molar-refractivity contribution in [3.8, 4) is 0 Å². The van der Waals surface area contributed by atoms with Gasteiger partial charge >= 0.3 is 12.1 Å². The number of carboxylic acids is 1. The van der Waals surface area contributed by atoms with Crippen LogP contribution in [-0.4, -0.2) is 80.1 Å². The lowest BCUT2D eigenvalue weighted by atomic mass is 10.1. The Morgan fingerprint density at radius 3 is 2.11 bits per heavy atom. The van der Waals surface area contributed by atoms with E-state index in [9.17, 15) is 26.4 Å². The van der Waals surface area contributed by atoms with Gasteiger partial charge in [0.25, 0.3) is 0 Å². The minimum atomic E-state index is -5.08. The molecule has 0 aliphatic carbocycles. The van der Waals surface area contributed by atoms with Crippen LogP contribution in [0.3, 0.4) is 0 Å². The average molecular weight is 530 g/mol. The zero-order valence-electron chi connectivity index (χ0n) is 19.9. The highest BCUT2D eigenvalue weighted by Crippen LogP contribution is 2.21. The zero-order valence-corrected chi connectivity index (χ0v) is 20.7. The number of sulfonamides is 1. The first kappa shape index (κ1) is 29.3. The molecule has 0 aromatic heterocycles. The van der Waals surface area contributed by atoms with Crippen molar-refractivity contribution in [3.05, 3.63) is 65.7 Å². The maximum absolute atomic E-state index is 13.4. The first-order valence-electron chi connectivity index (χ1n) is 11.3. The molecule has 8 nitrogen and oxygen atoms in total. The summed E-state index contributed by atoms with van der Waals surface area (Å²) in [5.74, 6) is -2.75. The summed E-state index contributed by atoms with van der Waals surface area (Å²) in [5, 5.41) is 10.3. The van der Waals surface area contributed by atoms with Gasteiger partial charge in [-0.3, -0.25) is 4.79 Å². The van der Waals surface area contributed by atoms with Crippen molar-refractivity contribution in [2.75, 3.05) is 39.3 Å². The largest absolute Gasteiger partial charge is 0.490 e.